The van der Waals surface area contributed by atoms with Crippen molar-refractivity contribution in [2.24, 2.45) is 0 Å². The van der Waals surface area contributed by atoms with Crippen LogP contribution in [0.1, 0.15) is 42.1 Å². The highest BCUT2D eigenvalue weighted by molar-refractivity contribution is 7.92. The van der Waals surface area contributed by atoms with Crippen LogP contribution in [0.2, 0.25) is 0 Å². The van der Waals surface area contributed by atoms with Gasteiger partial charge in [-0.3, -0.25) is 4.79 Å². The summed E-state index contributed by atoms with van der Waals surface area (Å²) in [7, 11) is -3.49. The molecule has 1 N–H and O–H groups in total. The predicted octanol–water partition coefficient (Wildman–Crippen LogP) is 3.63. The minimum atomic E-state index is -3.49. The number of amides is 1. The number of sulfone groups is 1. The fraction of sp³-hybridized carbons (Fsp3) is 0.364. The van der Waals surface area contributed by atoms with Crippen molar-refractivity contribution in [3.63, 3.8) is 0 Å². The van der Waals surface area contributed by atoms with Gasteiger partial charge in [0.15, 0.2) is 9.84 Å². The van der Waals surface area contributed by atoms with Crippen LogP contribution in [0, 0.1) is 0 Å². The number of carbonyl (C=O) groups excluding carboxylic acids is 2. The molecule has 0 aromatic heterocycles. The summed E-state index contributed by atoms with van der Waals surface area (Å²) in [5.74, 6) is -1.62. The SMILES string of the molecule is CCCCOC(=O)c1ccc(NC(=O)CS(=O)(=O)CCCc2ccccc2)cc1. The summed E-state index contributed by atoms with van der Waals surface area (Å²) in [6.45, 7) is 2.38. The van der Waals surface area contributed by atoms with Crippen LogP contribution in [0.15, 0.2) is 54.6 Å². The number of nitrogens with one attached hydrogen (secondary N) is 1. The van der Waals surface area contributed by atoms with Gasteiger partial charge in [0.25, 0.3) is 0 Å². The number of rotatable bonds is 11. The third-order valence-electron chi connectivity index (χ3n) is 4.25. The minimum Gasteiger partial charge on any atom is -0.462 e. The van der Waals surface area contributed by atoms with Crippen LogP contribution in [0.3, 0.4) is 0 Å². The number of hydrogen-bond acceptors (Lipinski definition) is 5. The van der Waals surface area contributed by atoms with E-state index in [9.17, 15) is 18.0 Å². The highest BCUT2D eigenvalue weighted by atomic mass is 32.2. The molecule has 0 aliphatic carbocycles. The largest absolute Gasteiger partial charge is 0.462 e. The van der Waals surface area contributed by atoms with Crippen LogP contribution in [-0.2, 0) is 25.8 Å². The van der Waals surface area contributed by atoms with Crippen LogP contribution in [0.5, 0.6) is 0 Å². The summed E-state index contributed by atoms with van der Waals surface area (Å²) in [5, 5.41) is 2.55. The molecule has 0 radical (unpaired) electrons. The van der Waals surface area contributed by atoms with Crippen molar-refractivity contribution in [3.05, 3.63) is 65.7 Å². The summed E-state index contributed by atoms with van der Waals surface area (Å²) in [5.41, 5.74) is 1.88. The molecule has 0 saturated carbocycles. The smallest absolute Gasteiger partial charge is 0.338 e. The van der Waals surface area contributed by atoms with Crippen molar-refractivity contribution in [2.75, 3.05) is 23.4 Å². The van der Waals surface area contributed by atoms with Gasteiger partial charge in [0.05, 0.1) is 17.9 Å². The molecule has 1 amide bonds. The van der Waals surface area contributed by atoms with Gasteiger partial charge in [-0.25, -0.2) is 13.2 Å². The topological polar surface area (TPSA) is 89.5 Å². The Labute approximate surface area is 172 Å². The predicted molar refractivity (Wildman–Crippen MR) is 114 cm³/mol. The summed E-state index contributed by atoms with van der Waals surface area (Å²) < 4.78 is 29.5. The number of unbranched alkanes of at least 4 members (excludes halogenated alkanes) is 1. The maximum absolute atomic E-state index is 12.2. The van der Waals surface area contributed by atoms with E-state index in [2.05, 4.69) is 5.32 Å². The Bertz CT molecular complexity index is 893. The van der Waals surface area contributed by atoms with E-state index >= 15 is 0 Å². The number of carbonyl (C=O) groups is 2. The normalized spacial score (nSPS) is 11.1. The van der Waals surface area contributed by atoms with E-state index < -0.39 is 27.5 Å². The first-order chi connectivity index (χ1) is 13.9. The van der Waals surface area contributed by atoms with Crippen LogP contribution in [0.4, 0.5) is 5.69 Å². The zero-order valence-electron chi connectivity index (χ0n) is 16.6. The molecule has 0 spiro atoms. The summed E-state index contributed by atoms with van der Waals surface area (Å²) in [6, 6.07) is 15.8. The second-order valence-electron chi connectivity index (χ2n) is 6.80. The Hall–Kier alpha value is -2.67. The van der Waals surface area contributed by atoms with Gasteiger partial charge in [-0.1, -0.05) is 43.7 Å². The van der Waals surface area contributed by atoms with Crippen LogP contribution >= 0.6 is 0 Å². The van der Waals surface area contributed by atoms with Gasteiger partial charge >= 0.3 is 5.97 Å². The average molecular weight is 418 g/mol. The molecule has 29 heavy (non-hydrogen) atoms. The lowest BCUT2D eigenvalue weighted by Gasteiger charge is -2.08. The zero-order valence-corrected chi connectivity index (χ0v) is 17.4. The van der Waals surface area contributed by atoms with Crippen molar-refractivity contribution >= 4 is 27.4 Å². The molecule has 0 fully saturated rings. The molecule has 2 aromatic carbocycles. The molecule has 0 aliphatic heterocycles. The molecule has 0 atom stereocenters. The van der Waals surface area contributed by atoms with E-state index in [4.69, 9.17) is 4.74 Å². The van der Waals surface area contributed by atoms with Gasteiger partial charge in [0.2, 0.25) is 5.91 Å². The highest BCUT2D eigenvalue weighted by Crippen LogP contribution is 2.12. The Morgan fingerprint density at radius 3 is 2.31 bits per heavy atom. The Morgan fingerprint density at radius 1 is 0.966 bits per heavy atom. The Morgan fingerprint density at radius 2 is 1.66 bits per heavy atom. The number of anilines is 1. The monoisotopic (exact) mass is 417 g/mol. The lowest BCUT2D eigenvalue weighted by molar-refractivity contribution is -0.113. The van der Waals surface area contributed by atoms with E-state index in [-0.39, 0.29) is 5.75 Å². The van der Waals surface area contributed by atoms with Gasteiger partial charge in [-0.2, -0.15) is 0 Å². The van der Waals surface area contributed by atoms with Gasteiger partial charge in [-0.05, 0) is 49.1 Å². The molecular weight excluding hydrogens is 390 g/mol. The fourth-order valence-corrected chi connectivity index (χ4v) is 3.89. The highest BCUT2D eigenvalue weighted by Gasteiger charge is 2.17. The summed E-state index contributed by atoms with van der Waals surface area (Å²) in [6.07, 6.45) is 2.86. The average Bonchev–Trinajstić information content (AvgIpc) is 2.69. The maximum atomic E-state index is 12.2. The first kappa shape index (κ1) is 22.6. The van der Waals surface area contributed by atoms with Crippen LogP contribution in [0.25, 0.3) is 0 Å². The molecule has 0 bridgehead atoms. The molecule has 6 nitrogen and oxygen atoms in total. The van der Waals surface area contributed by atoms with Crippen molar-refractivity contribution in [2.45, 2.75) is 32.6 Å². The minimum absolute atomic E-state index is 0.0438. The summed E-state index contributed by atoms with van der Waals surface area (Å²) in [4.78, 5) is 23.9. The molecule has 2 aromatic rings. The van der Waals surface area contributed by atoms with Crippen molar-refractivity contribution in [1.82, 2.24) is 0 Å². The molecule has 7 heteroatoms. The first-order valence-corrected chi connectivity index (χ1v) is 11.5. The molecule has 0 unspecified atom stereocenters. The molecule has 0 heterocycles. The lowest BCUT2D eigenvalue weighted by Crippen LogP contribution is -2.25. The number of aryl methyl sites for hydroxylation is 1. The number of ether oxygens (including phenoxy) is 1. The van der Waals surface area contributed by atoms with Gasteiger partial charge in [-0.15, -0.1) is 0 Å². The second-order valence-corrected chi connectivity index (χ2v) is 8.98. The molecule has 2 rings (SSSR count). The lowest BCUT2D eigenvalue weighted by atomic mass is 10.1. The van der Waals surface area contributed by atoms with Crippen LogP contribution < -0.4 is 5.32 Å². The van der Waals surface area contributed by atoms with E-state index in [1.807, 2.05) is 37.3 Å². The standard InChI is InChI=1S/C22H27NO5S/c1-2-3-15-28-22(25)19-11-13-20(14-12-19)23-21(24)17-29(26,27)16-7-10-18-8-5-4-6-9-18/h4-6,8-9,11-14H,2-3,7,10,15-17H2,1H3,(H,23,24). The zero-order chi connectivity index (χ0) is 21.1. The quantitative estimate of drug-likeness (QED) is 0.445. The van der Waals surface area contributed by atoms with E-state index in [1.54, 1.807) is 12.1 Å². The third kappa shape index (κ3) is 8.48. The molecule has 0 aliphatic rings. The van der Waals surface area contributed by atoms with Gasteiger partial charge < -0.3 is 10.1 Å². The Kier molecular flexibility index (Phi) is 8.86. The van der Waals surface area contributed by atoms with Gasteiger partial charge in [0, 0.05) is 5.69 Å². The molecular formula is C22H27NO5S. The number of hydrogen-bond donors (Lipinski definition) is 1. The molecule has 156 valence electrons. The van der Waals surface area contributed by atoms with Crippen molar-refractivity contribution in [1.29, 1.82) is 0 Å². The van der Waals surface area contributed by atoms with Crippen molar-refractivity contribution in [3.8, 4) is 0 Å². The van der Waals surface area contributed by atoms with Crippen molar-refractivity contribution < 1.29 is 22.7 Å². The fourth-order valence-electron chi connectivity index (χ4n) is 2.69. The Balaban J connectivity index is 1.79. The van der Waals surface area contributed by atoms with E-state index in [1.165, 1.54) is 12.1 Å². The van der Waals surface area contributed by atoms with E-state index in [0.29, 0.717) is 30.7 Å². The van der Waals surface area contributed by atoms with Gasteiger partial charge in [0.1, 0.15) is 5.75 Å². The number of benzene rings is 2. The summed E-state index contributed by atoms with van der Waals surface area (Å²) >= 11 is 0. The number of esters is 1. The van der Waals surface area contributed by atoms with Crippen LogP contribution in [-0.4, -0.2) is 38.4 Å². The second kappa shape index (κ2) is 11.4. The molecule has 0 saturated heterocycles. The van der Waals surface area contributed by atoms with E-state index in [0.717, 1.165) is 18.4 Å². The third-order valence-corrected chi connectivity index (χ3v) is 5.86. The maximum Gasteiger partial charge on any atom is 0.338 e. The first-order valence-electron chi connectivity index (χ1n) is 9.71.